The van der Waals surface area contributed by atoms with Gasteiger partial charge >= 0.3 is 6.08 Å². The molecule has 1 aromatic heterocycles. The SMILES string of the molecule is Cc1cccc(C)c1Oc1nc[c]o1. The van der Waals surface area contributed by atoms with Gasteiger partial charge in [-0.3, -0.25) is 0 Å². The molecule has 71 valence electrons. The van der Waals surface area contributed by atoms with Crippen molar-refractivity contribution in [1.82, 2.24) is 4.98 Å². The summed E-state index contributed by atoms with van der Waals surface area (Å²) in [5.74, 6) is 0.795. The van der Waals surface area contributed by atoms with Crippen LogP contribution in [0.4, 0.5) is 0 Å². The summed E-state index contributed by atoms with van der Waals surface area (Å²) in [6.45, 7) is 3.96. The number of para-hydroxylation sites is 1. The maximum Gasteiger partial charge on any atom is 0.399 e. The molecule has 14 heavy (non-hydrogen) atoms. The van der Waals surface area contributed by atoms with Crippen molar-refractivity contribution in [1.29, 1.82) is 0 Å². The van der Waals surface area contributed by atoms with Gasteiger partial charge in [0, 0.05) is 0 Å². The van der Waals surface area contributed by atoms with E-state index >= 15 is 0 Å². The number of ether oxygens (including phenoxy) is 1. The van der Waals surface area contributed by atoms with E-state index in [-0.39, 0.29) is 6.08 Å². The van der Waals surface area contributed by atoms with Gasteiger partial charge in [0.25, 0.3) is 0 Å². The van der Waals surface area contributed by atoms with Crippen molar-refractivity contribution >= 4 is 0 Å². The lowest BCUT2D eigenvalue weighted by Gasteiger charge is -2.07. The van der Waals surface area contributed by atoms with Gasteiger partial charge in [0.15, 0.2) is 6.26 Å². The van der Waals surface area contributed by atoms with Crippen molar-refractivity contribution in [2.75, 3.05) is 0 Å². The molecule has 0 saturated carbocycles. The molecule has 1 aromatic carbocycles. The van der Waals surface area contributed by atoms with Crippen LogP contribution < -0.4 is 4.74 Å². The maximum absolute atomic E-state index is 5.47. The Labute approximate surface area is 82.3 Å². The lowest BCUT2D eigenvalue weighted by molar-refractivity contribution is 0.325. The number of hydrogen-bond donors (Lipinski definition) is 0. The van der Waals surface area contributed by atoms with Gasteiger partial charge in [-0.1, -0.05) is 18.2 Å². The molecular formula is C11H10NO2. The number of nitrogens with zero attached hydrogens (tertiary/aromatic N) is 1. The summed E-state index contributed by atoms with van der Waals surface area (Å²) in [6.07, 6.45) is 4.14. The highest BCUT2D eigenvalue weighted by atomic mass is 16.6. The number of aryl methyl sites for hydroxylation is 2. The average Bonchev–Trinajstić information content (AvgIpc) is 2.64. The van der Waals surface area contributed by atoms with E-state index in [9.17, 15) is 0 Å². The second-order valence-electron chi connectivity index (χ2n) is 3.07. The molecule has 0 fully saturated rings. The van der Waals surface area contributed by atoms with E-state index in [1.54, 1.807) is 0 Å². The molecule has 0 aliphatic rings. The van der Waals surface area contributed by atoms with E-state index in [1.165, 1.54) is 6.20 Å². The van der Waals surface area contributed by atoms with Gasteiger partial charge in [-0.25, -0.2) is 0 Å². The van der Waals surface area contributed by atoms with Gasteiger partial charge in [0.2, 0.25) is 0 Å². The van der Waals surface area contributed by atoms with E-state index in [4.69, 9.17) is 9.15 Å². The predicted octanol–water partition coefficient (Wildman–Crippen LogP) is 2.88. The second kappa shape index (κ2) is 3.54. The summed E-state index contributed by atoms with van der Waals surface area (Å²) < 4.78 is 10.4. The lowest BCUT2D eigenvalue weighted by Crippen LogP contribution is -1.90. The molecule has 0 amide bonds. The molecule has 0 N–H and O–H groups in total. The quantitative estimate of drug-likeness (QED) is 0.726. The largest absolute Gasteiger partial charge is 0.410 e. The standard InChI is InChI=1S/C11H10NO2/c1-8-4-3-5-9(2)10(8)14-11-12-6-7-13-11/h3-6H,1-2H3. The van der Waals surface area contributed by atoms with Crippen LogP contribution in [0, 0.1) is 20.1 Å². The van der Waals surface area contributed by atoms with Crippen LogP contribution in [-0.4, -0.2) is 4.98 Å². The molecule has 0 spiro atoms. The Bertz CT molecular complexity index is 401. The highest BCUT2D eigenvalue weighted by Crippen LogP contribution is 2.26. The van der Waals surface area contributed by atoms with E-state index < -0.39 is 0 Å². The van der Waals surface area contributed by atoms with Gasteiger partial charge in [0.1, 0.15) is 5.75 Å². The summed E-state index contributed by atoms with van der Waals surface area (Å²) in [5, 5.41) is 0. The van der Waals surface area contributed by atoms with Crippen molar-refractivity contribution < 1.29 is 9.15 Å². The number of rotatable bonds is 2. The number of oxazole rings is 1. The smallest absolute Gasteiger partial charge is 0.399 e. The van der Waals surface area contributed by atoms with Gasteiger partial charge in [-0.15, -0.1) is 0 Å². The molecule has 1 radical (unpaired) electrons. The van der Waals surface area contributed by atoms with E-state index in [1.807, 2.05) is 32.0 Å². The predicted molar refractivity (Wildman–Crippen MR) is 51.3 cm³/mol. The zero-order valence-electron chi connectivity index (χ0n) is 8.07. The van der Waals surface area contributed by atoms with Crippen molar-refractivity contribution in [3.8, 4) is 11.8 Å². The molecular weight excluding hydrogens is 178 g/mol. The molecule has 0 aliphatic carbocycles. The zero-order valence-corrected chi connectivity index (χ0v) is 8.07. The van der Waals surface area contributed by atoms with E-state index in [0.29, 0.717) is 0 Å². The first kappa shape index (κ1) is 8.81. The maximum atomic E-state index is 5.47. The van der Waals surface area contributed by atoms with Crippen molar-refractivity contribution in [2.24, 2.45) is 0 Å². The average molecular weight is 188 g/mol. The fraction of sp³-hybridized carbons (Fsp3) is 0.182. The molecule has 1 heterocycles. The van der Waals surface area contributed by atoms with Gasteiger partial charge < -0.3 is 9.15 Å². The molecule has 2 rings (SSSR count). The normalized spacial score (nSPS) is 10.1. The Hall–Kier alpha value is -1.77. The number of aromatic nitrogens is 1. The van der Waals surface area contributed by atoms with Crippen molar-refractivity contribution in [3.63, 3.8) is 0 Å². The Morgan fingerprint density at radius 1 is 1.29 bits per heavy atom. The minimum Gasteiger partial charge on any atom is -0.410 e. The van der Waals surface area contributed by atoms with Crippen LogP contribution in [0.15, 0.2) is 28.8 Å². The molecule has 0 saturated heterocycles. The third-order valence-corrected chi connectivity index (χ3v) is 1.97. The first-order valence-electron chi connectivity index (χ1n) is 4.33. The highest BCUT2D eigenvalue weighted by Gasteiger charge is 2.06. The highest BCUT2D eigenvalue weighted by molar-refractivity contribution is 5.40. The molecule has 0 aliphatic heterocycles. The first-order valence-corrected chi connectivity index (χ1v) is 4.33. The summed E-state index contributed by atoms with van der Waals surface area (Å²) in [4.78, 5) is 3.85. The van der Waals surface area contributed by atoms with Gasteiger partial charge in [-0.05, 0) is 25.0 Å². The number of hydrogen-bond acceptors (Lipinski definition) is 3. The summed E-state index contributed by atoms with van der Waals surface area (Å²) >= 11 is 0. The topological polar surface area (TPSA) is 35.3 Å². The molecule has 3 heteroatoms. The van der Waals surface area contributed by atoms with Gasteiger partial charge in [0.05, 0.1) is 6.20 Å². The van der Waals surface area contributed by atoms with Crippen LogP contribution in [-0.2, 0) is 0 Å². The van der Waals surface area contributed by atoms with Crippen LogP contribution in [0.1, 0.15) is 11.1 Å². The third kappa shape index (κ3) is 1.62. The monoisotopic (exact) mass is 188 g/mol. The second-order valence-corrected chi connectivity index (χ2v) is 3.07. The Kier molecular flexibility index (Phi) is 2.23. The Morgan fingerprint density at radius 2 is 2.00 bits per heavy atom. The minimum absolute atomic E-state index is 0.224. The Morgan fingerprint density at radius 3 is 2.57 bits per heavy atom. The summed E-state index contributed by atoms with van der Waals surface area (Å²) in [7, 11) is 0. The van der Waals surface area contributed by atoms with E-state index in [2.05, 4.69) is 11.2 Å². The summed E-state index contributed by atoms with van der Waals surface area (Å²) in [5.41, 5.74) is 2.12. The first-order chi connectivity index (χ1) is 6.77. The van der Waals surface area contributed by atoms with Crippen molar-refractivity contribution in [3.05, 3.63) is 41.8 Å². The summed E-state index contributed by atoms with van der Waals surface area (Å²) in [6, 6.07) is 5.95. The third-order valence-electron chi connectivity index (χ3n) is 1.97. The van der Waals surface area contributed by atoms with Gasteiger partial charge in [-0.2, -0.15) is 4.98 Å². The molecule has 3 nitrogen and oxygen atoms in total. The fourth-order valence-corrected chi connectivity index (χ4v) is 1.28. The minimum atomic E-state index is 0.224. The molecule has 0 atom stereocenters. The van der Waals surface area contributed by atoms with Crippen LogP contribution >= 0.6 is 0 Å². The lowest BCUT2D eigenvalue weighted by atomic mass is 10.1. The molecule has 0 bridgehead atoms. The van der Waals surface area contributed by atoms with Crippen LogP contribution in [0.3, 0.4) is 0 Å². The van der Waals surface area contributed by atoms with E-state index in [0.717, 1.165) is 16.9 Å². The molecule has 0 unspecified atom stereocenters. The Balaban J connectivity index is 2.33. The van der Waals surface area contributed by atoms with Crippen LogP contribution in [0.25, 0.3) is 0 Å². The van der Waals surface area contributed by atoms with Crippen molar-refractivity contribution in [2.45, 2.75) is 13.8 Å². The molecule has 2 aromatic rings. The fourth-order valence-electron chi connectivity index (χ4n) is 1.28. The van der Waals surface area contributed by atoms with Crippen LogP contribution in [0.5, 0.6) is 11.8 Å². The zero-order chi connectivity index (χ0) is 9.97. The van der Waals surface area contributed by atoms with Crippen LogP contribution in [0.2, 0.25) is 0 Å². The number of benzene rings is 1.